The number of aromatic amines is 1. The van der Waals surface area contributed by atoms with Gasteiger partial charge < -0.3 is 14.8 Å². The van der Waals surface area contributed by atoms with Gasteiger partial charge in [-0.3, -0.25) is 0 Å². The Morgan fingerprint density at radius 3 is 2.70 bits per heavy atom. The number of anilines is 2. The lowest BCUT2D eigenvalue weighted by molar-refractivity contribution is -0.137. The first kappa shape index (κ1) is 18.7. The number of benzene rings is 2. The van der Waals surface area contributed by atoms with Crippen molar-refractivity contribution >= 4 is 33.6 Å². The van der Waals surface area contributed by atoms with Crippen molar-refractivity contribution in [1.82, 2.24) is 15.0 Å². The monoisotopic (exact) mass is 411 g/mol. The van der Waals surface area contributed by atoms with Crippen LogP contribution in [0.4, 0.5) is 24.9 Å². The molecule has 5 rings (SSSR count). The Balaban J connectivity index is 1.41. The molecule has 0 aliphatic carbocycles. The van der Waals surface area contributed by atoms with Crippen LogP contribution in [0.1, 0.15) is 12.5 Å². The Bertz CT molecular complexity index is 1210. The van der Waals surface area contributed by atoms with E-state index < -0.39 is 11.7 Å². The molecule has 8 heteroatoms. The summed E-state index contributed by atoms with van der Waals surface area (Å²) in [4.78, 5) is 16.6. The minimum absolute atomic E-state index is 0.113. The molecular weight excluding hydrogens is 391 g/mol. The van der Waals surface area contributed by atoms with E-state index in [1.165, 1.54) is 6.07 Å². The molecule has 1 aliphatic heterocycles. The minimum Gasteiger partial charge on any atom is -0.352 e. The number of alkyl halides is 3. The van der Waals surface area contributed by atoms with Crippen LogP contribution < -0.4 is 9.80 Å². The van der Waals surface area contributed by atoms with Crippen molar-refractivity contribution in [2.24, 2.45) is 0 Å². The third-order valence-electron chi connectivity index (χ3n) is 5.65. The molecule has 0 saturated carbocycles. The van der Waals surface area contributed by atoms with Gasteiger partial charge in [-0.05, 0) is 36.6 Å². The fourth-order valence-corrected chi connectivity index (χ4v) is 4.13. The van der Waals surface area contributed by atoms with Crippen molar-refractivity contribution in [3.63, 3.8) is 0 Å². The summed E-state index contributed by atoms with van der Waals surface area (Å²) >= 11 is 0. The first-order valence-corrected chi connectivity index (χ1v) is 9.82. The molecule has 2 aromatic heterocycles. The molecule has 1 aliphatic rings. The average molecular weight is 411 g/mol. The molecule has 1 saturated heterocycles. The molecule has 0 spiro atoms. The Kier molecular flexibility index (Phi) is 4.30. The van der Waals surface area contributed by atoms with Gasteiger partial charge in [0.2, 0.25) is 5.95 Å². The van der Waals surface area contributed by atoms with Gasteiger partial charge in [0, 0.05) is 37.3 Å². The number of piperazine rings is 1. The van der Waals surface area contributed by atoms with E-state index in [1.54, 1.807) is 0 Å². The first-order chi connectivity index (χ1) is 14.4. The summed E-state index contributed by atoms with van der Waals surface area (Å²) < 4.78 is 39.0. The predicted molar refractivity (Wildman–Crippen MR) is 112 cm³/mol. The van der Waals surface area contributed by atoms with Crippen LogP contribution in [0.15, 0.2) is 54.7 Å². The van der Waals surface area contributed by atoms with Crippen molar-refractivity contribution in [2.75, 3.05) is 29.4 Å². The van der Waals surface area contributed by atoms with Gasteiger partial charge >= 0.3 is 6.18 Å². The van der Waals surface area contributed by atoms with Gasteiger partial charge in [0.05, 0.1) is 16.6 Å². The highest BCUT2D eigenvalue weighted by atomic mass is 19.4. The number of rotatable bonds is 2. The minimum atomic E-state index is -4.37. The third-order valence-corrected chi connectivity index (χ3v) is 5.65. The number of halogens is 3. The van der Waals surface area contributed by atoms with Crippen molar-refractivity contribution in [2.45, 2.75) is 19.1 Å². The van der Waals surface area contributed by atoms with Crippen LogP contribution in [-0.4, -0.2) is 40.6 Å². The van der Waals surface area contributed by atoms with Crippen molar-refractivity contribution in [3.05, 3.63) is 60.3 Å². The van der Waals surface area contributed by atoms with E-state index in [4.69, 9.17) is 0 Å². The lowest BCUT2D eigenvalue weighted by Crippen LogP contribution is -2.52. The maximum atomic E-state index is 13.0. The van der Waals surface area contributed by atoms with E-state index in [-0.39, 0.29) is 6.04 Å². The molecule has 0 unspecified atom stereocenters. The zero-order valence-corrected chi connectivity index (χ0v) is 16.3. The second kappa shape index (κ2) is 6.90. The number of H-pyrrole nitrogens is 1. The van der Waals surface area contributed by atoms with Crippen molar-refractivity contribution in [3.8, 4) is 0 Å². The van der Waals surface area contributed by atoms with Crippen LogP contribution in [-0.2, 0) is 6.18 Å². The van der Waals surface area contributed by atoms with Gasteiger partial charge in [-0.1, -0.05) is 24.3 Å². The maximum absolute atomic E-state index is 13.0. The molecule has 3 heterocycles. The summed E-state index contributed by atoms with van der Waals surface area (Å²) in [7, 11) is 0. The molecule has 154 valence electrons. The molecule has 1 fully saturated rings. The molecule has 0 amide bonds. The van der Waals surface area contributed by atoms with Crippen LogP contribution in [0.5, 0.6) is 0 Å². The van der Waals surface area contributed by atoms with E-state index in [9.17, 15) is 13.2 Å². The van der Waals surface area contributed by atoms with E-state index >= 15 is 0 Å². The highest BCUT2D eigenvalue weighted by Gasteiger charge is 2.31. The summed E-state index contributed by atoms with van der Waals surface area (Å²) in [6, 6.07) is 13.9. The summed E-state index contributed by atoms with van der Waals surface area (Å²) in [5, 5.41) is 2.26. The molecule has 5 nitrogen and oxygen atoms in total. The third kappa shape index (κ3) is 3.22. The topological polar surface area (TPSA) is 48.1 Å². The van der Waals surface area contributed by atoms with E-state index in [0.29, 0.717) is 23.5 Å². The normalized spacial score (nSPS) is 17.8. The lowest BCUT2D eigenvalue weighted by atomic mass is 10.1. The molecule has 2 aromatic carbocycles. The fourth-order valence-electron chi connectivity index (χ4n) is 4.13. The Labute approximate surface area is 171 Å². The van der Waals surface area contributed by atoms with E-state index in [1.807, 2.05) is 24.4 Å². The zero-order valence-electron chi connectivity index (χ0n) is 16.3. The zero-order chi connectivity index (χ0) is 20.9. The van der Waals surface area contributed by atoms with Gasteiger partial charge in [-0.2, -0.15) is 13.2 Å². The van der Waals surface area contributed by atoms with E-state index in [0.717, 1.165) is 41.8 Å². The SMILES string of the molecule is C[C@H]1CN(c2nccc3ccccc23)CCN1c1nc2ccc(C(F)(F)F)cc2[nH]1. The molecular formula is C22H20F3N5. The van der Waals surface area contributed by atoms with Gasteiger partial charge in [0.1, 0.15) is 5.82 Å². The quantitative estimate of drug-likeness (QED) is 0.513. The van der Waals surface area contributed by atoms with Crippen LogP contribution in [0, 0.1) is 0 Å². The number of pyridine rings is 1. The number of hydrogen-bond acceptors (Lipinski definition) is 4. The molecule has 0 radical (unpaired) electrons. The summed E-state index contributed by atoms with van der Waals surface area (Å²) in [5.74, 6) is 1.56. The number of nitrogens with one attached hydrogen (secondary N) is 1. The van der Waals surface area contributed by atoms with Gasteiger partial charge in [-0.15, -0.1) is 0 Å². The molecule has 4 aromatic rings. The Morgan fingerprint density at radius 1 is 1.07 bits per heavy atom. The average Bonchev–Trinajstić information content (AvgIpc) is 3.15. The first-order valence-electron chi connectivity index (χ1n) is 9.82. The van der Waals surface area contributed by atoms with E-state index in [2.05, 4.69) is 43.8 Å². The van der Waals surface area contributed by atoms with Crippen molar-refractivity contribution in [1.29, 1.82) is 0 Å². The largest absolute Gasteiger partial charge is 0.416 e. The lowest BCUT2D eigenvalue weighted by Gasteiger charge is -2.40. The second-order valence-electron chi connectivity index (χ2n) is 7.63. The summed E-state index contributed by atoms with van der Waals surface area (Å²) in [6.07, 6.45) is -2.55. The number of fused-ring (bicyclic) bond motifs is 2. The number of imidazole rings is 1. The fraction of sp³-hybridized carbons (Fsp3) is 0.273. The second-order valence-corrected chi connectivity index (χ2v) is 7.63. The molecule has 30 heavy (non-hydrogen) atoms. The number of aromatic nitrogens is 3. The maximum Gasteiger partial charge on any atom is 0.416 e. The molecule has 0 bridgehead atoms. The van der Waals surface area contributed by atoms with Gasteiger partial charge in [-0.25, -0.2) is 9.97 Å². The van der Waals surface area contributed by atoms with Crippen LogP contribution in [0.2, 0.25) is 0 Å². The summed E-state index contributed by atoms with van der Waals surface area (Å²) in [5.41, 5.74) is 0.249. The predicted octanol–water partition coefficient (Wildman–Crippen LogP) is 4.85. The smallest absolute Gasteiger partial charge is 0.352 e. The van der Waals surface area contributed by atoms with Gasteiger partial charge in [0.15, 0.2) is 0 Å². The standard InChI is InChI=1S/C22H20F3N5/c1-14-13-29(20-17-5-3-2-4-15(17)8-9-26-20)10-11-30(14)21-27-18-7-6-16(22(23,24)25)12-19(18)28-21/h2-9,12,14H,10-11,13H2,1H3,(H,27,28)/t14-/m0/s1. The number of nitrogens with zero attached hydrogens (tertiary/aromatic N) is 4. The Morgan fingerprint density at radius 2 is 1.90 bits per heavy atom. The molecule has 1 atom stereocenters. The highest BCUT2D eigenvalue weighted by Crippen LogP contribution is 2.32. The van der Waals surface area contributed by atoms with Crippen LogP contribution in [0.25, 0.3) is 21.8 Å². The Hall–Kier alpha value is -3.29. The van der Waals surface area contributed by atoms with Crippen LogP contribution >= 0.6 is 0 Å². The molecule has 1 N–H and O–H groups in total. The summed E-state index contributed by atoms with van der Waals surface area (Å²) in [6.45, 7) is 4.27. The van der Waals surface area contributed by atoms with Gasteiger partial charge in [0.25, 0.3) is 0 Å². The number of hydrogen-bond donors (Lipinski definition) is 1. The van der Waals surface area contributed by atoms with Crippen molar-refractivity contribution < 1.29 is 13.2 Å². The van der Waals surface area contributed by atoms with Crippen LogP contribution in [0.3, 0.4) is 0 Å². The highest BCUT2D eigenvalue weighted by molar-refractivity contribution is 5.92.